The predicted octanol–water partition coefficient (Wildman–Crippen LogP) is 2.92. The van der Waals surface area contributed by atoms with Crippen molar-refractivity contribution in [2.75, 3.05) is 7.05 Å². The maximum Gasteiger partial charge on any atom is 0.336 e. The van der Waals surface area contributed by atoms with Gasteiger partial charge in [0.1, 0.15) is 5.58 Å². The molecule has 0 bridgehead atoms. The van der Waals surface area contributed by atoms with Crippen LogP contribution in [0.4, 0.5) is 0 Å². The van der Waals surface area contributed by atoms with Crippen LogP contribution in [-0.4, -0.2) is 19.8 Å². The van der Waals surface area contributed by atoms with Crippen LogP contribution >= 0.6 is 0 Å². The van der Waals surface area contributed by atoms with E-state index in [1.807, 2.05) is 31.2 Å². The smallest absolute Gasteiger partial charge is 0.336 e. The van der Waals surface area contributed by atoms with Crippen molar-refractivity contribution in [1.82, 2.24) is 4.31 Å². The lowest BCUT2D eigenvalue weighted by atomic mass is 10.1. The van der Waals surface area contributed by atoms with Gasteiger partial charge in [0.2, 0.25) is 10.0 Å². The third kappa shape index (κ3) is 3.11. The summed E-state index contributed by atoms with van der Waals surface area (Å²) in [6.45, 7) is 2.24. The number of rotatable bonds is 4. The number of hydrogen-bond donors (Lipinski definition) is 0. The maximum absolute atomic E-state index is 12.8. The lowest BCUT2D eigenvalue weighted by Gasteiger charge is -2.18. The fourth-order valence-electron chi connectivity index (χ4n) is 2.50. The van der Waals surface area contributed by atoms with E-state index in [4.69, 9.17) is 4.42 Å². The highest BCUT2D eigenvalue weighted by Gasteiger charge is 2.22. The molecule has 0 atom stereocenters. The van der Waals surface area contributed by atoms with E-state index in [-0.39, 0.29) is 11.4 Å². The molecule has 24 heavy (non-hydrogen) atoms. The standard InChI is InChI=1S/C18H17NO4S/c1-13-5-3-4-6-15(13)12-19(2)24(21,22)16-8-9-17-14(11-16)7-10-18(20)23-17/h3-11H,12H2,1-2H3. The molecule has 1 heterocycles. The van der Waals surface area contributed by atoms with Crippen LogP contribution in [0.2, 0.25) is 0 Å². The Morgan fingerprint density at radius 1 is 1.04 bits per heavy atom. The molecule has 124 valence electrons. The van der Waals surface area contributed by atoms with Gasteiger partial charge in [0.25, 0.3) is 0 Å². The molecule has 0 aliphatic carbocycles. The molecule has 3 rings (SSSR count). The Morgan fingerprint density at radius 3 is 2.54 bits per heavy atom. The molecule has 1 aromatic heterocycles. The minimum absolute atomic E-state index is 0.167. The zero-order valence-electron chi connectivity index (χ0n) is 13.4. The molecule has 5 nitrogen and oxygen atoms in total. The topological polar surface area (TPSA) is 67.6 Å². The van der Waals surface area contributed by atoms with Gasteiger partial charge in [-0.2, -0.15) is 4.31 Å². The summed E-state index contributed by atoms with van der Waals surface area (Å²) in [6, 6.07) is 15.0. The van der Waals surface area contributed by atoms with Gasteiger partial charge < -0.3 is 4.42 Å². The largest absolute Gasteiger partial charge is 0.423 e. The molecule has 3 aromatic rings. The van der Waals surface area contributed by atoms with E-state index in [1.165, 1.54) is 28.6 Å². The minimum Gasteiger partial charge on any atom is -0.423 e. The SMILES string of the molecule is Cc1ccccc1CN(C)S(=O)(=O)c1ccc2oc(=O)ccc2c1. The van der Waals surface area contributed by atoms with Gasteiger partial charge in [-0.1, -0.05) is 24.3 Å². The van der Waals surface area contributed by atoms with Crippen molar-refractivity contribution in [3.8, 4) is 0 Å². The van der Waals surface area contributed by atoms with Gasteiger partial charge in [0.05, 0.1) is 4.90 Å². The number of sulfonamides is 1. The summed E-state index contributed by atoms with van der Waals surface area (Å²) in [5.41, 5.74) is 1.90. The molecule has 0 spiro atoms. The zero-order valence-corrected chi connectivity index (χ0v) is 14.2. The normalized spacial score (nSPS) is 12.0. The van der Waals surface area contributed by atoms with Gasteiger partial charge >= 0.3 is 5.63 Å². The highest BCUT2D eigenvalue weighted by atomic mass is 32.2. The van der Waals surface area contributed by atoms with Crippen molar-refractivity contribution in [3.63, 3.8) is 0 Å². The lowest BCUT2D eigenvalue weighted by Crippen LogP contribution is -2.26. The van der Waals surface area contributed by atoms with Crippen molar-refractivity contribution < 1.29 is 12.8 Å². The second-order valence-electron chi connectivity index (χ2n) is 5.64. The number of benzene rings is 2. The molecule has 0 aliphatic heterocycles. The maximum atomic E-state index is 12.8. The Morgan fingerprint density at radius 2 is 1.79 bits per heavy atom. The van der Waals surface area contributed by atoms with E-state index in [2.05, 4.69) is 0 Å². The molecule has 0 saturated carbocycles. The summed E-state index contributed by atoms with van der Waals surface area (Å²) in [6.07, 6.45) is 0. The summed E-state index contributed by atoms with van der Waals surface area (Å²) in [4.78, 5) is 11.4. The van der Waals surface area contributed by atoms with E-state index in [0.29, 0.717) is 11.0 Å². The molecule has 0 fully saturated rings. The molecule has 0 radical (unpaired) electrons. The van der Waals surface area contributed by atoms with Gasteiger partial charge in [-0.3, -0.25) is 0 Å². The predicted molar refractivity (Wildman–Crippen MR) is 92.3 cm³/mol. The number of fused-ring (bicyclic) bond motifs is 1. The van der Waals surface area contributed by atoms with Crippen LogP contribution in [0.3, 0.4) is 0 Å². The Kier molecular flexibility index (Phi) is 4.26. The van der Waals surface area contributed by atoms with Gasteiger partial charge in [0, 0.05) is 25.0 Å². The first-order chi connectivity index (χ1) is 11.4. The highest BCUT2D eigenvalue weighted by molar-refractivity contribution is 7.89. The third-order valence-corrected chi connectivity index (χ3v) is 5.75. The second kappa shape index (κ2) is 6.22. The van der Waals surface area contributed by atoms with E-state index in [0.717, 1.165) is 11.1 Å². The Balaban J connectivity index is 1.96. The molecular formula is C18H17NO4S. The number of aryl methyl sites for hydroxylation is 1. The average Bonchev–Trinajstić information content (AvgIpc) is 2.56. The molecule has 0 saturated heterocycles. The Labute approximate surface area is 140 Å². The van der Waals surface area contributed by atoms with Crippen LogP contribution in [0.15, 0.2) is 68.7 Å². The molecule has 0 N–H and O–H groups in total. The van der Waals surface area contributed by atoms with Crippen molar-refractivity contribution in [1.29, 1.82) is 0 Å². The first-order valence-corrected chi connectivity index (χ1v) is 8.87. The fourth-order valence-corrected chi connectivity index (χ4v) is 3.69. The van der Waals surface area contributed by atoms with Crippen LogP contribution in [0.1, 0.15) is 11.1 Å². The van der Waals surface area contributed by atoms with Crippen molar-refractivity contribution in [2.45, 2.75) is 18.4 Å². The van der Waals surface area contributed by atoms with E-state index in [9.17, 15) is 13.2 Å². The summed E-state index contributed by atoms with van der Waals surface area (Å²) in [5, 5.41) is 0.569. The van der Waals surface area contributed by atoms with Crippen molar-refractivity contribution in [2.24, 2.45) is 0 Å². The van der Waals surface area contributed by atoms with Crippen LogP contribution < -0.4 is 5.63 Å². The first-order valence-electron chi connectivity index (χ1n) is 7.43. The molecule has 0 unspecified atom stereocenters. The van der Waals surface area contributed by atoms with Gasteiger partial charge in [-0.05, 0) is 42.3 Å². The lowest BCUT2D eigenvalue weighted by molar-refractivity contribution is 0.466. The van der Waals surface area contributed by atoms with E-state index in [1.54, 1.807) is 13.1 Å². The van der Waals surface area contributed by atoms with Gasteiger partial charge in [-0.15, -0.1) is 0 Å². The summed E-state index contributed by atoms with van der Waals surface area (Å²) < 4.78 is 31.9. The average molecular weight is 343 g/mol. The molecule has 2 aromatic carbocycles. The summed E-state index contributed by atoms with van der Waals surface area (Å²) in [7, 11) is -2.09. The van der Waals surface area contributed by atoms with Crippen LogP contribution in [-0.2, 0) is 16.6 Å². The Hall–Kier alpha value is -2.44. The van der Waals surface area contributed by atoms with E-state index < -0.39 is 15.6 Å². The van der Waals surface area contributed by atoms with Gasteiger partial charge in [-0.25, -0.2) is 13.2 Å². The molecule has 0 aliphatic rings. The van der Waals surface area contributed by atoms with Crippen molar-refractivity contribution >= 4 is 21.0 Å². The molecule has 6 heteroatoms. The molecular weight excluding hydrogens is 326 g/mol. The first kappa shape index (κ1) is 16.4. The van der Waals surface area contributed by atoms with Gasteiger partial charge in [0.15, 0.2) is 0 Å². The van der Waals surface area contributed by atoms with Crippen LogP contribution in [0.5, 0.6) is 0 Å². The quantitative estimate of drug-likeness (QED) is 0.683. The monoisotopic (exact) mass is 343 g/mol. The van der Waals surface area contributed by atoms with Crippen LogP contribution in [0.25, 0.3) is 11.0 Å². The third-order valence-electron chi connectivity index (χ3n) is 3.95. The Bertz CT molecular complexity index is 1050. The number of nitrogens with zero attached hydrogens (tertiary/aromatic N) is 1. The second-order valence-corrected chi connectivity index (χ2v) is 7.69. The molecule has 0 amide bonds. The number of hydrogen-bond acceptors (Lipinski definition) is 4. The minimum atomic E-state index is -3.64. The summed E-state index contributed by atoms with van der Waals surface area (Å²) in [5.74, 6) is 0. The summed E-state index contributed by atoms with van der Waals surface area (Å²) >= 11 is 0. The van der Waals surface area contributed by atoms with E-state index >= 15 is 0 Å². The highest BCUT2D eigenvalue weighted by Crippen LogP contribution is 2.22. The van der Waals surface area contributed by atoms with Crippen molar-refractivity contribution in [3.05, 3.63) is 76.1 Å². The fraction of sp³-hybridized carbons (Fsp3) is 0.167. The zero-order chi connectivity index (χ0) is 17.3. The van der Waals surface area contributed by atoms with Crippen LogP contribution in [0, 0.1) is 6.92 Å².